The molecule has 2 aliphatic carbocycles. The van der Waals surface area contributed by atoms with Gasteiger partial charge in [-0.25, -0.2) is 26.9 Å². The van der Waals surface area contributed by atoms with Crippen molar-refractivity contribution in [1.29, 1.82) is 0 Å². The van der Waals surface area contributed by atoms with E-state index in [-0.39, 0.29) is 40.5 Å². The normalized spacial score (nSPS) is 28.9. The lowest BCUT2D eigenvalue weighted by Gasteiger charge is -2.50. The predicted octanol–water partition coefficient (Wildman–Crippen LogP) is 6.17. The number of fused-ring (bicyclic) bond motifs is 4. The molecule has 0 radical (unpaired) electrons. The molecule has 2 saturated heterocycles. The van der Waals surface area contributed by atoms with Crippen molar-refractivity contribution in [3.8, 4) is 5.75 Å². The fourth-order valence-electron chi connectivity index (χ4n) is 7.76. The second-order valence-electron chi connectivity index (χ2n) is 12.3. The zero-order chi connectivity index (χ0) is 36.0. The lowest BCUT2D eigenvalue weighted by molar-refractivity contribution is -0.125. The van der Waals surface area contributed by atoms with E-state index in [4.69, 9.17) is 39.5 Å². The fourth-order valence-corrected chi connectivity index (χ4v) is 8.82. The van der Waals surface area contributed by atoms with Crippen LogP contribution in [0, 0.1) is 46.8 Å². The summed E-state index contributed by atoms with van der Waals surface area (Å²) in [6, 6.07) is 11.9. The van der Waals surface area contributed by atoms with E-state index in [0.717, 1.165) is 4.90 Å². The molecule has 0 aromatic heterocycles. The number of hydrogen-bond donors (Lipinski definition) is 1. The largest absolute Gasteiger partial charge is 0.491 e. The summed E-state index contributed by atoms with van der Waals surface area (Å²) in [5, 5.41) is 9.82. The minimum atomic E-state index is -2.71. The number of carbonyl (C=O) groups excluding carboxylic acids is 4. The number of alkyl halides is 2. The van der Waals surface area contributed by atoms with Crippen molar-refractivity contribution in [3.05, 3.63) is 99.9 Å². The number of carbonyl (C=O) groups is 4. The molecule has 3 aromatic rings. The quantitative estimate of drug-likeness (QED) is 0.0806. The Balaban J connectivity index is 1.44. The molecule has 0 spiro atoms. The molecule has 16 heteroatoms. The lowest BCUT2D eigenvalue weighted by Crippen LogP contribution is -2.60. The number of imide groups is 2. The molecular weight excluding hydrogens is 734 g/mol. The first kappa shape index (κ1) is 34.4. The van der Waals surface area contributed by atoms with Gasteiger partial charge in [0.05, 0.1) is 24.1 Å². The minimum Gasteiger partial charge on any atom is -0.491 e. The van der Waals surface area contributed by atoms with Crippen molar-refractivity contribution in [2.24, 2.45) is 17.8 Å². The summed E-state index contributed by atoms with van der Waals surface area (Å²) in [4.78, 5) is 52.0. The molecule has 6 unspecified atom stereocenters. The number of anilines is 2. The van der Waals surface area contributed by atoms with E-state index in [1.807, 2.05) is 0 Å². The number of benzene rings is 3. The topological polar surface area (TPSA) is 104 Å². The van der Waals surface area contributed by atoms with Crippen molar-refractivity contribution in [3.63, 3.8) is 0 Å². The van der Waals surface area contributed by atoms with E-state index < -0.39 is 105 Å². The second-order valence-corrected chi connectivity index (χ2v) is 14.0. The maximum absolute atomic E-state index is 15.2. The third kappa shape index (κ3) is 4.52. The number of nitrogens with zero attached hydrogens (tertiary/aromatic N) is 2. The molecule has 2 aliphatic heterocycles. The first-order valence-corrected chi connectivity index (χ1v) is 16.3. The molecule has 1 saturated carbocycles. The first-order valence-electron chi connectivity index (χ1n) is 15.1. The molecule has 8 nitrogen and oxygen atoms in total. The van der Waals surface area contributed by atoms with Gasteiger partial charge in [0.25, 0.3) is 11.8 Å². The number of aliphatic hydroxyl groups excluding tert-OH is 1. The van der Waals surface area contributed by atoms with Gasteiger partial charge in [-0.3, -0.25) is 24.1 Å². The van der Waals surface area contributed by atoms with Gasteiger partial charge in [-0.2, -0.15) is 0 Å². The Morgan fingerprint density at radius 1 is 0.800 bits per heavy atom. The van der Waals surface area contributed by atoms with Crippen molar-refractivity contribution in [1.82, 2.24) is 0 Å². The van der Waals surface area contributed by atoms with Crippen molar-refractivity contribution in [2.75, 3.05) is 23.0 Å². The van der Waals surface area contributed by atoms with Crippen LogP contribution in [0.25, 0.3) is 0 Å². The molecule has 4 amide bonds. The maximum Gasteiger partial charge on any atom is 0.258 e. The number of ether oxygens (including phenoxy) is 1. The number of para-hydroxylation sites is 1. The van der Waals surface area contributed by atoms with Crippen LogP contribution < -0.4 is 14.5 Å². The Bertz CT molecular complexity index is 2020. The molecule has 2 heterocycles. The van der Waals surface area contributed by atoms with Gasteiger partial charge in [-0.15, -0.1) is 23.2 Å². The van der Waals surface area contributed by atoms with Gasteiger partial charge in [0.2, 0.25) is 17.6 Å². The SMILES string of the molecule is O=C1C2CC=C3C(CC4(Cl)C(=O)N(c5c(F)c(F)c(F)c(F)c5F)C(=O)C4(Cl)C3c3ccccc3OCCO)C2C(=O)N1c1ccc(Cl)cc1. The van der Waals surface area contributed by atoms with Crippen molar-refractivity contribution >= 4 is 69.8 Å². The van der Waals surface area contributed by atoms with Crippen LogP contribution in [0.4, 0.5) is 33.3 Å². The number of halogens is 8. The summed E-state index contributed by atoms with van der Waals surface area (Å²) in [5.41, 5.74) is -1.29. The van der Waals surface area contributed by atoms with Gasteiger partial charge in [-0.1, -0.05) is 41.4 Å². The molecule has 3 aromatic carbocycles. The lowest BCUT2D eigenvalue weighted by atomic mass is 9.56. The van der Waals surface area contributed by atoms with Crippen LogP contribution in [0.15, 0.2) is 60.2 Å². The summed E-state index contributed by atoms with van der Waals surface area (Å²) < 4.78 is 79.1. The average Bonchev–Trinajstić information content (AvgIpc) is 3.44. The van der Waals surface area contributed by atoms with E-state index >= 15 is 8.78 Å². The highest BCUT2D eigenvalue weighted by atomic mass is 35.5. The van der Waals surface area contributed by atoms with Crippen LogP contribution in [0.5, 0.6) is 5.75 Å². The van der Waals surface area contributed by atoms with Gasteiger partial charge in [0.15, 0.2) is 33.0 Å². The van der Waals surface area contributed by atoms with Crippen LogP contribution >= 0.6 is 34.8 Å². The molecule has 1 N–H and O–H groups in total. The van der Waals surface area contributed by atoms with Gasteiger partial charge >= 0.3 is 0 Å². The van der Waals surface area contributed by atoms with E-state index in [9.17, 15) is 37.5 Å². The number of aliphatic hydroxyl groups is 1. The Kier molecular flexibility index (Phi) is 8.28. The van der Waals surface area contributed by atoms with Crippen molar-refractivity contribution < 1.29 is 51.0 Å². The summed E-state index contributed by atoms with van der Waals surface area (Å²) in [5.74, 6) is -21.5. The summed E-state index contributed by atoms with van der Waals surface area (Å²) in [7, 11) is 0. The Morgan fingerprint density at radius 2 is 1.42 bits per heavy atom. The van der Waals surface area contributed by atoms with Gasteiger partial charge in [-0.05, 0) is 49.1 Å². The molecule has 7 rings (SSSR count). The Morgan fingerprint density at radius 3 is 2.06 bits per heavy atom. The first-order chi connectivity index (χ1) is 23.7. The second kappa shape index (κ2) is 12.0. The van der Waals surface area contributed by atoms with E-state index in [1.54, 1.807) is 12.1 Å². The number of allylic oxidation sites excluding steroid dienone is 2. The number of hydrogen-bond acceptors (Lipinski definition) is 6. The molecule has 6 atom stereocenters. The zero-order valence-corrected chi connectivity index (χ0v) is 27.5. The standard InChI is InChI=1S/C34H22Cl3F5N2O6/c35-14-5-7-15(8-6-14)43-29(46)18-10-9-16-19(21(18)30(43)47)13-33(36)31(48)44(28-26(41)24(39)23(38)25(40)27(28)42)32(49)34(33,37)22(16)17-3-1-2-4-20(17)50-12-11-45/h1-9,18-19,21-22,45H,10-13H2. The average molecular weight is 756 g/mol. The zero-order valence-electron chi connectivity index (χ0n) is 25.2. The Hall–Kier alpha value is -4.04. The van der Waals surface area contributed by atoms with Gasteiger partial charge in [0.1, 0.15) is 18.0 Å². The fraction of sp³-hybridized carbons (Fsp3) is 0.294. The van der Waals surface area contributed by atoms with Crippen molar-refractivity contribution in [2.45, 2.75) is 28.5 Å². The third-order valence-corrected chi connectivity index (χ3v) is 11.6. The highest BCUT2D eigenvalue weighted by Crippen LogP contribution is 2.66. The van der Waals surface area contributed by atoms with E-state index in [0.29, 0.717) is 5.02 Å². The van der Waals surface area contributed by atoms with Crippen LogP contribution in [0.3, 0.4) is 0 Å². The monoisotopic (exact) mass is 754 g/mol. The molecule has 50 heavy (non-hydrogen) atoms. The molecular formula is C34H22Cl3F5N2O6. The highest BCUT2D eigenvalue weighted by Gasteiger charge is 2.77. The van der Waals surface area contributed by atoms with E-state index in [2.05, 4.69) is 0 Å². The summed E-state index contributed by atoms with van der Waals surface area (Å²) in [6.45, 7) is -0.688. The Labute approximate surface area is 294 Å². The maximum atomic E-state index is 15.2. The van der Waals surface area contributed by atoms with Crippen LogP contribution in [-0.4, -0.2) is 51.7 Å². The third-order valence-electron chi connectivity index (χ3n) is 9.89. The van der Waals surface area contributed by atoms with Gasteiger partial charge in [0, 0.05) is 16.5 Å². The minimum absolute atomic E-state index is 0.0346. The summed E-state index contributed by atoms with van der Waals surface area (Å²) in [6.07, 6.45) is 0.896. The van der Waals surface area contributed by atoms with Crippen LogP contribution in [-0.2, 0) is 19.2 Å². The number of rotatable bonds is 6. The molecule has 3 fully saturated rings. The molecule has 0 bridgehead atoms. The molecule has 260 valence electrons. The summed E-state index contributed by atoms with van der Waals surface area (Å²) >= 11 is 20.3. The van der Waals surface area contributed by atoms with Crippen LogP contribution in [0.1, 0.15) is 24.3 Å². The number of amides is 4. The molecule has 4 aliphatic rings. The van der Waals surface area contributed by atoms with Crippen LogP contribution in [0.2, 0.25) is 5.02 Å². The predicted molar refractivity (Wildman–Crippen MR) is 169 cm³/mol. The smallest absolute Gasteiger partial charge is 0.258 e. The highest BCUT2D eigenvalue weighted by molar-refractivity contribution is 6.58. The van der Waals surface area contributed by atoms with Gasteiger partial charge < -0.3 is 9.84 Å². The van der Waals surface area contributed by atoms with E-state index in [1.165, 1.54) is 42.5 Å².